The normalized spacial score (nSPS) is 12.6. The van der Waals surface area contributed by atoms with Gasteiger partial charge in [-0.15, -0.1) is 0 Å². The van der Waals surface area contributed by atoms with Crippen LogP contribution in [0.1, 0.15) is 52.0 Å². The van der Waals surface area contributed by atoms with Gasteiger partial charge in [-0.25, -0.2) is 4.98 Å². The fraction of sp³-hybridized carbons (Fsp3) is 0.643. The van der Waals surface area contributed by atoms with Crippen molar-refractivity contribution < 1.29 is 4.79 Å². The Hall–Kier alpha value is -1.45. The third-order valence-electron chi connectivity index (χ3n) is 2.44. The number of rotatable bonds is 2. The maximum absolute atomic E-state index is 12.0. The van der Waals surface area contributed by atoms with Crippen molar-refractivity contribution in [3.63, 3.8) is 0 Å². The lowest BCUT2D eigenvalue weighted by atomic mass is 9.89. The SMILES string of the molecule is CC(C)(C)Cn1cnc(C(=O)C(C)(C)C)cc1=O. The van der Waals surface area contributed by atoms with E-state index >= 15 is 0 Å². The molecule has 0 N–H and O–H groups in total. The first-order valence-electron chi connectivity index (χ1n) is 6.12. The second kappa shape index (κ2) is 4.67. The third-order valence-corrected chi connectivity index (χ3v) is 2.44. The second-order valence-corrected chi connectivity index (χ2v) is 6.88. The van der Waals surface area contributed by atoms with Crippen LogP contribution in [0.25, 0.3) is 0 Å². The molecule has 0 aliphatic carbocycles. The number of hydrogen-bond donors (Lipinski definition) is 0. The molecular weight excluding hydrogens is 228 g/mol. The highest BCUT2D eigenvalue weighted by Gasteiger charge is 2.24. The van der Waals surface area contributed by atoms with Crippen molar-refractivity contribution >= 4 is 5.78 Å². The minimum atomic E-state index is -0.518. The molecule has 1 heterocycles. The molecule has 0 fully saturated rings. The molecule has 0 spiro atoms. The van der Waals surface area contributed by atoms with Crippen molar-refractivity contribution in [2.24, 2.45) is 10.8 Å². The van der Waals surface area contributed by atoms with Gasteiger partial charge in [0.15, 0.2) is 5.78 Å². The molecule has 0 saturated carbocycles. The van der Waals surface area contributed by atoms with Crippen molar-refractivity contribution in [1.82, 2.24) is 9.55 Å². The van der Waals surface area contributed by atoms with E-state index in [4.69, 9.17) is 0 Å². The zero-order valence-corrected chi connectivity index (χ0v) is 12.1. The lowest BCUT2D eigenvalue weighted by Gasteiger charge is -2.20. The summed E-state index contributed by atoms with van der Waals surface area (Å²) in [5.74, 6) is -0.109. The van der Waals surface area contributed by atoms with Gasteiger partial charge in [0.05, 0.1) is 6.33 Å². The van der Waals surface area contributed by atoms with Gasteiger partial charge < -0.3 is 0 Å². The average molecular weight is 250 g/mol. The Morgan fingerprint density at radius 3 is 2.17 bits per heavy atom. The Morgan fingerprint density at radius 2 is 1.78 bits per heavy atom. The van der Waals surface area contributed by atoms with Gasteiger partial charge in [0.25, 0.3) is 5.56 Å². The number of ketones is 1. The molecule has 0 amide bonds. The molecule has 0 atom stereocenters. The van der Waals surface area contributed by atoms with E-state index < -0.39 is 5.41 Å². The molecule has 1 aromatic rings. The van der Waals surface area contributed by atoms with Crippen LogP contribution in [0.5, 0.6) is 0 Å². The van der Waals surface area contributed by atoms with E-state index in [0.29, 0.717) is 6.54 Å². The van der Waals surface area contributed by atoms with E-state index in [-0.39, 0.29) is 22.5 Å². The van der Waals surface area contributed by atoms with Crippen LogP contribution in [-0.4, -0.2) is 15.3 Å². The van der Waals surface area contributed by atoms with E-state index in [1.807, 2.05) is 41.5 Å². The maximum Gasteiger partial charge on any atom is 0.254 e. The first kappa shape index (κ1) is 14.6. The van der Waals surface area contributed by atoms with Crippen molar-refractivity contribution in [1.29, 1.82) is 0 Å². The number of Topliss-reactive ketones (excluding diaryl/α,β-unsaturated/α-hetero) is 1. The van der Waals surface area contributed by atoms with E-state index in [0.717, 1.165) is 0 Å². The van der Waals surface area contributed by atoms with E-state index in [1.54, 1.807) is 4.57 Å². The van der Waals surface area contributed by atoms with Gasteiger partial charge in [0.1, 0.15) is 5.69 Å². The summed E-state index contributed by atoms with van der Waals surface area (Å²) in [7, 11) is 0. The lowest BCUT2D eigenvalue weighted by molar-refractivity contribution is 0.0852. The first-order chi connectivity index (χ1) is 8.00. The standard InChI is InChI=1S/C14H22N2O2/c1-13(2,3)8-16-9-15-10(7-11(16)17)12(18)14(4,5)6/h7,9H,8H2,1-6H3. The zero-order chi connectivity index (χ0) is 14.1. The highest BCUT2D eigenvalue weighted by Crippen LogP contribution is 2.19. The molecule has 4 nitrogen and oxygen atoms in total. The van der Waals surface area contributed by atoms with Gasteiger partial charge in [-0.2, -0.15) is 0 Å². The largest absolute Gasteiger partial charge is 0.299 e. The van der Waals surface area contributed by atoms with Crippen LogP contribution in [0.2, 0.25) is 0 Å². The molecule has 0 aliphatic rings. The number of aromatic nitrogens is 2. The third kappa shape index (κ3) is 3.79. The molecule has 0 saturated heterocycles. The Labute approximate surface area is 108 Å². The van der Waals surface area contributed by atoms with Crippen LogP contribution in [-0.2, 0) is 6.54 Å². The second-order valence-electron chi connectivity index (χ2n) is 6.88. The van der Waals surface area contributed by atoms with Crippen LogP contribution < -0.4 is 5.56 Å². The smallest absolute Gasteiger partial charge is 0.254 e. The highest BCUT2D eigenvalue weighted by atomic mass is 16.1. The fourth-order valence-electron chi connectivity index (χ4n) is 1.56. The number of hydrogen-bond acceptors (Lipinski definition) is 3. The van der Waals surface area contributed by atoms with Gasteiger partial charge in [-0.1, -0.05) is 41.5 Å². The summed E-state index contributed by atoms with van der Waals surface area (Å²) in [5.41, 5.74) is -0.443. The van der Waals surface area contributed by atoms with Crippen LogP contribution in [0.15, 0.2) is 17.2 Å². The minimum Gasteiger partial charge on any atom is -0.299 e. The Bertz CT molecular complexity index is 502. The van der Waals surface area contributed by atoms with Gasteiger partial charge in [-0.3, -0.25) is 14.2 Å². The fourth-order valence-corrected chi connectivity index (χ4v) is 1.56. The van der Waals surface area contributed by atoms with Crippen LogP contribution in [0.3, 0.4) is 0 Å². The van der Waals surface area contributed by atoms with Crippen molar-refractivity contribution in [2.45, 2.75) is 48.1 Å². The topological polar surface area (TPSA) is 52.0 Å². The molecule has 18 heavy (non-hydrogen) atoms. The summed E-state index contributed by atoms with van der Waals surface area (Å²) >= 11 is 0. The molecule has 0 aliphatic heterocycles. The number of nitrogens with zero attached hydrogens (tertiary/aromatic N) is 2. The van der Waals surface area contributed by atoms with Gasteiger partial charge in [-0.05, 0) is 5.41 Å². The van der Waals surface area contributed by atoms with Gasteiger partial charge >= 0.3 is 0 Å². The molecule has 0 aromatic carbocycles. The summed E-state index contributed by atoms with van der Waals surface area (Å²) < 4.78 is 1.54. The molecule has 1 rings (SSSR count). The predicted octanol–water partition coefficient (Wildman–Crippen LogP) is 2.52. The van der Waals surface area contributed by atoms with Crippen LogP contribution in [0.4, 0.5) is 0 Å². The first-order valence-corrected chi connectivity index (χ1v) is 6.12. The zero-order valence-electron chi connectivity index (χ0n) is 12.1. The van der Waals surface area contributed by atoms with E-state index in [1.165, 1.54) is 12.4 Å². The lowest BCUT2D eigenvalue weighted by Crippen LogP contribution is -2.29. The Kier molecular flexibility index (Phi) is 3.79. The summed E-state index contributed by atoms with van der Waals surface area (Å²) in [6, 6.07) is 1.33. The molecule has 0 radical (unpaired) electrons. The molecule has 0 unspecified atom stereocenters. The number of carbonyl (C=O) groups is 1. The highest BCUT2D eigenvalue weighted by molar-refractivity contribution is 5.97. The summed E-state index contributed by atoms with van der Waals surface area (Å²) in [4.78, 5) is 28.0. The van der Waals surface area contributed by atoms with Gasteiger partial charge in [0.2, 0.25) is 0 Å². The van der Waals surface area contributed by atoms with E-state index in [2.05, 4.69) is 4.98 Å². The maximum atomic E-state index is 12.0. The minimum absolute atomic E-state index is 0.00105. The predicted molar refractivity (Wildman–Crippen MR) is 71.7 cm³/mol. The van der Waals surface area contributed by atoms with Crippen LogP contribution >= 0.6 is 0 Å². The molecule has 0 bridgehead atoms. The van der Waals surface area contributed by atoms with E-state index in [9.17, 15) is 9.59 Å². The number of carbonyl (C=O) groups excluding carboxylic acids is 1. The van der Waals surface area contributed by atoms with Crippen molar-refractivity contribution in [3.8, 4) is 0 Å². The van der Waals surface area contributed by atoms with Crippen molar-refractivity contribution in [2.75, 3.05) is 0 Å². The van der Waals surface area contributed by atoms with Crippen molar-refractivity contribution in [3.05, 3.63) is 28.4 Å². The summed E-state index contributed by atoms with van der Waals surface area (Å²) in [5, 5.41) is 0. The molecular formula is C14H22N2O2. The average Bonchev–Trinajstić information content (AvgIpc) is 2.16. The monoisotopic (exact) mass is 250 g/mol. The molecule has 100 valence electrons. The Morgan fingerprint density at radius 1 is 1.22 bits per heavy atom. The molecule has 4 heteroatoms. The molecule has 1 aromatic heterocycles. The van der Waals surface area contributed by atoms with Gasteiger partial charge in [0, 0.05) is 18.0 Å². The Balaban J connectivity index is 3.08. The summed E-state index contributed by atoms with van der Waals surface area (Å²) in [6.45, 7) is 12.2. The summed E-state index contributed by atoms with van der Waals surface area (Å²) in [6.07, 6.45) is 1.46. The quantitative estimate of drug-likeness (QED) is 0.758. The van der Waals surface area contributed by atoms with Crippen LogP contribution in [0, 0.1) is 10.8 Å².